The molecule has 0 aromatic carbocycles. The summed E-state index contributed by atoms with van der Waals surface area (Å²) in [6.45, 7) is 7.90. The van der Waals surface area contributed by atoms with Gasteiger partial charge in [-0.1, -0.05) is 0 Å². The van der Waals surface area contributed by atoms with E-state index in [9.17, 15) is 8.42 Å². The summed E-state index contributed by atoms with van der Waals surface area (Å²) in [5.41, 5.74) is 0.0661. The van der Waals surface area contributed by atoms with Gasteiger partial charge in [-0.05, 0) is 27.2 Å². The van der Waals surface area contributed by atoms with Gasteiger partial charge in [0.25, 0.3) is 0 Å². The zero-order valence-corrected chi connectivity index (χ0v) is 11.1. The van der Waals surface area contributed by atoms with E-state index in [0.717, 1.165) is 13.0 Å². The highest BCUT2D eigenvalue weighted by Gasteiger charge is 2.38. The van der Waals surface area contributed by atoms with E-state index in [2.05, 4.69) is 25.7 Å². The van der Waals surface area contributed by atoms with Crippen LogP contribution in [-0.2, 0) is 10.0 Å². The molecule has 0 aromatic heterocycles. The molecule has 1 rings (SSSR count). The average Bonchev–Trinajstić information content (AvgIpc) is 2.50. The normalized spacial score (nSPS) is 25.1. The molecule has 0 bridgehead atoms. The van der Waals surface area contributed by atoms with Crippen molar-refractivity contribution >= 4 is 10.0 Å². The molecule has 0 N–H and O–H groups in total. The molecule has 1 aliphatic heterocycles. The Morgan fingerprint density at radius 1 is 1.27 bits per heavy atom. The molecule has 1 saturated heterocycles. The predicted molar refractivity (Wildman–Crippen MR) is 62.3 cm³/mol. The van der Waals surface area contributed by atoms with E-state index in [0.29, 0.717) is 6.54 Å². The number of sulfonamides is 1. The second-order valence-corrected chi connectivity index (χ2v) is 7.78. The Labute approximate surface area is 93.3 Å². The van der Waals surface area contributed by atoms with Gasteiger partial charge in [0.15, 0.2) is 0 Å². The lowest BCUT2D eigenvalue weighted by molar-refractivity contribution is 0.175. The van der Waals surface area contributed by atoms with Crippen LogP contribution in [-0.4, -0.2) is 55.6 Å². The SMILES string of the molecule is CN(C)S(=O)(=O)C1CCN(C(C)(C)C)C1. The summed E-state index contributed by atoms with van der Waals surface area (Å²) in [7, 11) is 0.134. The molecule has 15 heavy (non-hydrogen) atoms. The van der Waals surface area contributed by atoms with Gasteiger partial charge in [0.2, 0.25) is 10.0 Å². The largest absolute Gasteiger partial charge is 0.297 e. The molecular weight excluding hydrogens is 212 g/mol. The van der Waals surface area contributed by atoms with Crippen molar-refractivity contribution in [2.75, 3.05) is 27.2 Å². The maximum absolute atomic E-state index is 11.9. The maximum Gasteiger partial charge on any atom is 0.217 e. The van der Waals surface area contributed by atoms with Crippen molar-refractivity contribution in [1.82, 2.24) is 9.21 Å². The molecular formula is C10H22N2O2S. The predicted octanol–water partition coefficient (Wildman–Crippen LogP) is 0.751. The third-order valence-electron chi connectivity index (χ3n) is 3.02. The van der Waals surface area contributed by atoms with Crippen LogP contribution in [0.15, 0.2) is 0 Å². The number of hydrogen-bond acceptors (Lipinski definition) is 3. The minimum Gasteiger partial charge on any atom is -0.297 e. The van der Waals surface area contributed by atoms with Crippen LogP contribution < -0.4 is 0 Å². The molecule has 5 heteroatoms. The van der Waals surface area contributed by atoms with Gasteiger partial charge in [0, 0.05) is 32.7 Å². The number of rotatable bonds is 2. The first-order valence-electron chi connectivity index (χ1n) is 5.32. The van der Waals surface area contributed by atoms with Crippen LogP contribution in [0.4, 0.5) is 0 Å². The van der Waals surface area contributed by atoms with Crippen molar-refractivity contribution < 1.29 is 8.42 Å². The third kappa shape index (κ3) is 2.71. The quantitative estimate of drug-likeness (QED) is 0.708. The number of nitrogens with zero attached hydrogens (tertiary/aromatic N) is 2. The van der Waals surface area contributed by atoms with Crippen molar-refractivity contribution in [3.05, 3.63) is 0 Å². The summed E-state index contributed by atoms with van der Waals surface area (Å²) in [5.74, 6) is 0. The third-order valence-corrected chi connectivity index (χ3v) is 5.27. The topological polar surface area (TPSA) is 40.6 Å². The zero-order chi connectivity index (χ0) is 11.9. The minimum atomic E-state index is -3.08. The maximum atomic E-state index is 11.9. The van der Waals surface area contributed by atoms with Gasteiger partial charge in [-0.3, -0.25) is 4.90 Å². The van der Waals surface area contributed by atoms with Crippen LogP contribution >= 0.6 is 0 Å². The van der Waals surface area contributed by atoms with Crippen LogP contribution in [0.5, 0.6) is 0 Å². The fraction of sp³-hybridized carbons (Fsp3) is 1.00. The van der Waals surface area contributed by atoms with Crippen LogP contribution in [0.1, 0.15) is 27.2 Å². The molecule has 0 aromatic rings. The number of likely N-dealkylation sites (tertiary alicyclic amines) is 1. The highest BCUT2D eigenvalue weighted by atomic mass is 32.2. The van der Waals surface area contributed by atoms with Crippen molar-refractivity contribution in [3.8, 4) is 0 Å². The van der Waals surface area contributed by atoms with Gasteiger partial charge in [-0.15, -0.1) is 0 Å². The monoisotopic (exact) mass is 234 g/mol. The summed E-state index contributed by atoms with van der Waals surface area (Å²) in [4.78, 5) is 2.23. The molecule has 1 fully saturated rings. The van der Waals surface area contributed by atoms with Gasteiger partial charge >= 0.3 is 0 Å². The fourth-order valence-electron chi connectivity index (χ4n) is 1.88. The molecule has 0 spiro atoms. The van der Waals surface area contributed by atoms with Crippen molar-refractivity contribution in [3.63, 3.8) is 0 Å². The Hall–Kier alpha value is -0.130. The van der Waals surface area contributed by atoms with E-state index in [1.807, 2.05) is 0 Å². The van der Waals surface area contributed by atoms with E-state index in [4.69, 9.17) is 0 Å². The summed E-state index contributed by atoms with van der Waals surface area (Å²) in [6, 6.07) is 0. The zero-order valence-electron chi connectivity index (χ0n) is 10.3. The van der Waals surface area contributed by atoms with Gasteiger partial charge in [0.05, 0.1) is 5.25 Å². The summed E-state index contributed by atoms with van der Waals surface area (Å²) >= 11 is 0. The lowest BCUT2D eigenvalue weighted by Gasteiger charge is -2.31. The second kappa shape index (κ2) is 4.03. The van der Waals surface area contributed by atoms with Gasteiger partial charge in [-0.2, -0.15) is 0 Å². The fourth-order valence-corrected chi connectivity index (χ4v) is 3.25. The Kier molecular flexibility index (Phi) is 3.48. The summed E-state index contributed by atoms with van der Waals surface area (Å²) in [6.07, 6.45) is 0.748. The molecule has 1 unspecified atom stereocenters. The van der Waals surface area contributed by atoms with E-state index >= 15 is 0 Å². The molecule has 1 atom stereocenters. The first-order valence-corrected chi connectivity index (χ1v) is 6.82. The smallest absolute Gasteiger partial charge is 0.217 e. The van der Waals surface area contributed by atoms with Crippen LogP contribution in [0.25, 0.3) is 0 Å². The molecule has 0 amide bonds. The lowest BCUT2D eigenvalue weighted by atomic mass is 10.1. The first kappa shape index (κ1) is 12.9. The standard InChI is InChI=1S/C10H22N2O2S/c1-10(2,3)12-7-6-9(8-12)15(13,14)11(4)5/h9H,6-8H2,1-5H3. The molecule has 1 aliphatic rings. The van der Waals surface area contributed by atoms with Gasteiger partial charge < -0.3 is 0 Å². The van der Waals surface area contributed by atoms with E-state index < -0.39 is 10.0 Å². The lowest BCUT2D eigenvalue weighted by Crippen LogP contribution is -2.42. The molecule has 0 aliphatic carbocycles. The molecule has 4 nitrogen and oxygen atoms in total. The Morgan fingerprint density at radius 2 is 1.80 bits per heavy atom. The van der Waals surface area contributed by atoms with Crippen molar-refractivity contribution in [1.29, 1.82) is 0 Å². The van der Waals surface area contributed by atoms with Crippen molar-refractivity contribution in [2.24, 2.45) is 0 Å². The average molecular weight is 234 g/mol. The molecule has 90 valence electrons. The van der Waals surface area contributed by atoms with Crippen molar-refractivity contribution in [2.45, 2.75) is 38.0 Å². The second-order valence-electron chi connectivity index (χ2n) is 5.35. The number of hydrogen-bond donors (Lipinski definition) is 0. The highest BCUT2D eigenvalue weighted by Crippen LogP contribution is 2.25. The Bertz CT molecular complexity index is 317. The minimum absolute atomic E-state index is 0.0661. The summed E-state index contributed by atoms with van der Waals surface area (Å²) < 4.78 is 25.1. The van der Waals surface area contributed by atoms with E-state index in [-0.39, 0.29) is 10.8 Å². The van der Waals surface area contributed by atoms with E-state index in [1.54, 1.807) is 14.1 Å². The highest BCUT2D eigenvalue weighted by molar-refractivity contribution is 7.89. The van der Waals surface area contributed by atoms with Crippen LogP contribution in [0, 0.1) is 0 Å². The van der Waals surface area contributed by atoms with Crippen LogP contribution in [0.3, 0.4) is 0 Å². The van der Waals surface area contributed by atoms with E-state index in [1.165, 1.54) is 4.31 Å². The Balaban J connectivity index is 2.73. The van der Waals surface area contributed by atoms with Gasteiger partial charge in [0.1, 0.15) is 0 Å². The van der Waals surface area contributed by atoms with Crippen LogP contribution in [0.2, 0.25) is 0 Å². The Morgan fingerprint density at radius 3 is 2.13 bits per heavy atom. The molecule has 0 radical (unpaired) electrons. The molecule has 1 heterocycles. The molecule has 0 saturated carbocycles. The first-order chi connectivity index (χ1) is 6.65. The van der Waals surface area contributed by atoms with Gasteiger partial charge in [-0.25, -0.2) is 12.7 Å². The summed E-state index contributed by atoms with van der Waals surface area (Å²) in [5, 5.41) is -0.230.